The van der Waals surface area contributed by atoms with Gasteiger partial charge in [-0.05, 0) is 62.1 Å². The topological polar surface area (TPSA) is 86.8 Å². The predicted octanol–water partition coefficient (Wildman–Crippen LogP) is 4.28. The number of amides is 2. The Morgan fingerprint density at radius 1 is 1.14 bits per heavy atom. The number of carbonyl (C=O) groups excluding carboxylic acids is 2. The zero-order valence-corrected chi connectivity index (χ0v) is 22.1. The highest BCUT2D eigenvalue weighted by molar-refractivity contribution is 7.92. The minimum Gasteiger partial charge on any atom is -0.354 e. The largest absolute Gasteiger partial charge is 0.354 e. The van der Waals surface area contributed by atoms with E-state index >= 15 is 0 Å². The van der Waals surface area contributed by atoms with Crippen molar-refractivity contribution < 1.29 is 22.4 Å². The van der Waals surface area contributed by atoms with E-state index in [1.807, 2.05) is 6.92 Å². The summed E-state index contributed by atoms with van der Waals surface area (Å²) in [5.41, 5.74) is 1.88. The Hall–Kier alpha value is -2.65. The summed E-state index contributed by atoms with van der Waals surface area (Å²) in [5.74, 6) is -0.975. The molecule has 0 aliphatic carbocycles. The highest BCUT2D eigenvalue weighted by Crippen LogP contribution is 2.27. The number of rotatable bonds is 12. The summed E-state index contributed by atoms with van der Waals surface area (Å²) >= 11 is 6.08. The second-order valence-corrected chi connectivity index (χ2v) is 10.8. The smallest absolute Gasteiger partial charge is 0.242 e. The van der Waals surface area contributed by atoms with Gasteiger partial charge in [0.1, 0.15) is 11.9 Å². The molecule has 0 unspecified atom stereocenters. The fourth-order valence-corrected chi connectivity index (χ4v) is 4.78. The van der Waals surface area contributed by atoms with Crippen LogP contribution in [0.3, 0.4) is 0 Å². The number of halogens is 2. The first kappa shape index (κ1) is 28.6. The molecule has 1 atom stereocenters. The van der Waals surface area contributed by atoms with Crippen LogP contribution >= 0.6 is 11.6 Å². The van der Waals surface area contributed by atoms with Gasteiger partial charge in [-0.3, -0.25) is 13.9 Å². The van der Waals surface area contributed by atoms with E-state index < -0.39 is 21.9 Å². The third-order valence-electron chi connectivity index (χ3n) is 5.57. The van der Waals surface area contributed by atoms with E-state index in [-0.39, 0.29) is 37.7 Å². The summed E-state index contributed by atoms with van der Waals surface area (Å²) in [6, 6.07) is 10.00. The second kappa shape index (κ2) is 12.9. The summed E-state index contributed by atoms with van der Waals surface area (Å²) in [6.45, 7) is 6.06. The van der Waals surface area contributed by atoms with Crippen LogP contribution in [-0.2, 0) is 26.2 Å². The Bertz CT molecular complexity index is 1130. The number of benzene rings is 2. The number of sulfonamides is 1. The minimum atomic E-state index is -3.62. The Kier molecular flexibility index (Phi) is 10.5. The van der Waals surface area contributed by atoms with Crippen molar-refractivity contribution in [3.05, 3.63) is 64.4 Å². The summed E-state index contributed by atoms with van der Waals surface area (Å²) < 4.78 is 39.5. The van der Waals surface area contributed by atoms with Crippen molar-refractivity contribution in [2.45, 2.75) is 52.6 Å². The van der Waals surface area contributed by atoms with Gasteiger partial charge in [-0.2, -0.15) is 0 Å². The molecule has 0 aliphatic heterocycles. The van der Waals surface area contributed by atoms with Crippen LogP contribution in [0.25, 0.3) is 0 Å². The zero-order valence-electron chi connectivity index (χ0n) is 20.6. The van der Waals surface area contributed by atoms with Crippen LogP contribution in [0.1, 0.15) is 44.2 Å². The van der Waals surface area contributed by atoms with Crippen molar-refractivity contribution in [1.82, 2.24) is 10.2 Å². The maximum atomic E-state index is 13.3. The molecule has 1 N–H and O–H groups in total. The van der Waals surface area contributed by atoms with Crippen LogP contribution in [0.5, 0.6) is 0 Å². The molecule has 192 valence electrons. The molecule has 0 bridgehead atoms. The molecule has 2 rings (SSSR count). The van der Waals surface area contributed by atoms with E-state index in [1.54, 1.807) is 44.2 Å². The number of hydrogen-bond acceptors (Lipinski definition) is 4. The molecule has 7 nitrogen and oxygen atoms in total. The van der Waals surface area contributed by atoms with Gasteiger partial charge in [-0.1, -0.05) is 36.7 Å². The van der Waals surface area contributed by atoms with Crippen molar-refractivity contribution in [2.75, 3.05) is 23.7 Å². The average Bonchev–Trinajstić information content (AvgIpc) is 2.80. The van der Waals surface area contributed by atoms with Crippen LogP contribution in [0.15, 0.2) is 42.5 Å². The standard InChI is InChI=1S/C25H33ClFN3O4S/c1-5-14-28-25(32)19(3)29(17-20-9-12-22(27)13-10-20)24(31)7-6-15-30(35(4,33)34)23-16-21(26)11-8-18(23)2/h8-13,16,19H,5-7,14-15,17H2,1-4H3,(H,28,32)/t19-/m1/s1. The van der Waals surface area contributed by atoms with Gasteiger partial charge in [-0.15, -0.1) is 0 Å². The van der Waals surface area contributed by atoms with Crippen molar-refractivity contribution >= 4 is 39.1 Å². The summed E-state index contributed by atoms with van der Waals surface area (Å²) in [7, 11) is -3.62. The zero-order chi connectivity index (χ0) is 26.2. The molecule has 0 spiro atoms. The Labute approximate surface area is 212 Å². The lowest BCUT2D eigenvalue weighted by atomic mass is 10.1. The van der Waals surface area contributed by atoms with E-state index in [0.29, 0.717) is 22.8 Å². The van der Waals surface area contributed by atoms with Crippen LogP contribution in [0.4, 0.5) is 10.1 Å². The molecule has 0 saturated carbocycles. The lowest BCUT2D eigenvalue weighted by molar-refractivity contribution is -0.140. The predicted molar refractivity (Wildman–Crippen MR) is 137 cm³/mol. The molecular formula is C25H33ClFN3O4S. The van der Waals surface area contributed by atoms with Gasteiger partial charge in [0.2, 0.25) is 21.8 Å². The Morgan fingerprint density at radius 3 is 2.40 bits per heavy atom. The molecule has 0 heterocycles. The Morgan fingerprint density at radius 2 is 1.80 bits per heavy atom. The molecule has 0 saturated heterocycles. The lowest BCUT2D eigenvalue weighted by Gasteiger charge is -2.29. The molecule has 10 heteroatoms. The van der Waals surface area contributed by atoms with Gasteiger partial charge < -0.3 is 10.2 Å². The molecule has 0 radical (unpaired) electrons. The highest BCUT2D eigenvalue weighted by Gasteiger charge is 2.26. The molecule has 0 aliphatic rings. The number of nitrogens with one attached hydrogen (secondary N) is 1. The SMILES string of the molecule is CCCNC(=O)[C@@H](C)N(Cc1ccc(F)cc1)C(=O)CCCN(c1cc(Cl)ccc1C)S(C)(=O)=O. The van der Waals surface area contributed by atoms with Crippen molar-refractivity contribution in [1.29, 1.82) is 0 Å². The third-order valence-corrected chi connectivity index (χ3v) is 6.99. The third kappa shape index (κ3) is 8.50. The molecule has 0 aromatic heterocycles. The first-order valence-corrected chi connectivity index (χ1v) is 13.7. The van der Waals surface area contributed by atoms with E-state index in [1.165, 1.54) is 21.3 Å². The normalized spacial score (nSPS) is 12.2. The quantitative estimate of drug-likeness (QED) is 0.448. The molecule has 2 amide bonds. The maximum absolute atomic E-state index is 13.3. The number of hydrogen-bond donors (Lipinski definition) is 1. The van der Waals surface area contributed by atoms with E-state index in [0.717, 1.165) is 18.2 Å². The van der Waals surface area contributed by atoms with Crippen LogP contribution in [0.2, 0.25) is 5.02 Å². The fraction of sp³-hybridized carbons (Fsp3) is 0.440. The average molecular weight is 526 g/mol. The summed E-state index contributed by atoms with van der Waals surface area (Å²) in [6.07, 6.45) is 2.13. The molecule has 35 heavy (non-hydrogen) atoms. The van der Waals surface area contributed by atoms with E-state index in [9.17, 15) is 22.4 Å². The summed E-state index contributed by atoms with van der Waals surface area (Å²) in [4.78, 5) is 27.2. The number of aryl methyl sites for hydroxylation is 1. The molecular weight excluding hydrogens is 493 g/mol. The van der Waals surface area contributed by atoms with Gasteiger partial charge in [0.25, 0.3) is 0 Å². The van der Waals surface area contributed by atoms with E-state index in [4.69, 9.17) is 11.6 Å². The van der Waals surface area contributed by atoms with Crippen molar-refractivity contribution in [2.24, 2.45) is 0 Å². The van der Waals surface area contributed by atoms with Gasteiger partial charge in [0.15, 0.2) is 0 Å². The van der Waals surface area contributed by atoms with E-state index in [2.05, 4.69) is 5.32 Å². The monoisotopic (exact) mass is 525 g/mol. The number of anilines is 1. The highest BCUT2D eigenvalue weighted by atomic mass is 35.5. The molecule has 2 aromatic rings. The number of nitrogens with zero attached hydrogens (tertiary/aromatic N) is 2. The van der Waals surface area contributed by atoms with Crippen molar-refractivity contribution in [3.63, 3.8) is 0 Å². The van der Waals surface area contributed by atoms with Gasteiger partial charge in [-0.25, -0.2) is 12.8 Å². The van der Waals surface area contributed by atoms with Crippen LogP contribution in [-0.4, -0.2) is 50.5 Å². The van der Waals surface area contributed by atoms with Gasteiger partial charge in [0.05, 0.1) is 11.9 Å². The second-order valence-electron chi connectivity index (χ2n) is 8.48. The van der Waals surface area contributed by atoms with Gasteiger partial charge in [0, 0.05) is 31.1 Å². The minimum absolute atomic E-state index is 0.0260. The first-order chi connectivity index (χ1) is 16.4. The summed E-state index contributed by atoms with van der Waals surface area (Å²) in [5, 5.41) is 3.21. The van der Waals surface area contributed by atoms with Gasteiger partial charge >= 0.3 is 0 Å². The van der Waals surface area contributed by atoms with Crippen LogP contribution < -0.4 is 9.62 Å². The fourth-order valence-electron chi connectivity index (χ4n) is 3.60. The van der Waals surface area contributed by atoms with Crippen LogP contribution in [0, 0.1) is 12.7 Å². The first-order valence-electron chi connectivity index (χ1n) is 11.5. The Balaban J connectivity index is 2.18. The molecule has 2 aromatic carbocycles. The molecule has 0 fully saturated rings. The van der Waals surface area contributed by atoms with Crippen molar-refractivity contribution in [3.8, 4) is 0 Å². The lowest BCUT2D eigenvalue weighted by Crippen LogP contribution is -2.47. The number of carbonyl (C=O) groups is 2. The maximum Gasteiger partial charge on any atom is 0.242 e.